The lowest BCUT2D eigenvalue weighted by atomic mass is 9.98. The van der Waals surface area contributed by atoms with E-state index in [-0.39, 0.29) is 6.61 Å². The third-order valence-electron chi connectivity index (χ3n) is 3.68. The fraction of sp³-hybridized carbons (Fsp3) is 0.833. The average Bonchev–Trinajstić information content (AvgIpc) is 2.95. The van der Waals surface area contributed by atoms with Gasteiger partial charge in [0.2, 0.25) is 5.79 Å². The van der Waals surface area contributed by atoms with E-state index < -0.39 is 57.2 Å². The van der Waals surface area contributed by atoms with Gasteiger partial charge in [0.15, 0.2) is 5.79 Å². The summed E-state index contributed by atoms with van der Waals surface area (Å²) >= 11 is 0. The molecule has 3 fully saturated rings. The Kier molecular flexibility index (Phi) is 4.65. The Hall–Kier alpha value is -0.800. The average molecular weight is 401 g/mol. The Morgan fingerprint density at radius 1 is 1.32 bits per heavy atom. The van der Waals surface area contributed by atoms with Crippen LogP contribution in [0.3, 0.4) is 0 Å². The predicted molar refractivity (Wildman–Crippen MR) is 80.2 cm³/mol. The van der Waals surface area contributed by atoms with Crippen molar-refractivity contribution in [2.45, 2.75) is 50.7 Å². The second kappa shape index (κ2) is 6.13. The fourth-order valence-electron chi connectivity index (χ4n) is 2.84. The fourth-order valence-corrected chi connectivity index (χ4v) is 4.54. The van der Waals surface area contributed by atoms with E-state index in [1.807, 2.05) is 0 Å². The van der Waals surface area contributed by atoms with Crippen molar-refractivity contribution in [2.24, 2.45) is 0 Å². The van der Waals surface area contributed by atoms with Crippen molar-refractivity contribution in [3.63, 3.8) is 0 Å². The van der Waals surface area contributed by atoms with Crippen LogP contribution in [0.4, 0.5) is 0 Å². The van der Waals surface area contributed by atoms with Crippen LogP contribution in [-0.2, 0) is 47.5 Å². The summed E-state index contributed by atoms with van der Waals surface area (Å²) < 4.78 is 80.4. The summed E-state index contributed by atoms with van der Waals surface area (Å²) in [6.45, 7) is 3.99. The quantitative estimate of drug-likeness (QED) is 0.628. The molecule has 4 atom stereocenters. The number of fused-ring (bicyclic) bond motifs is 3. The van der Waals surface area contributed by atoms with Gasteiger partial charge in [-0.2, -0.15) is 16.8 Å². The highest BCUT2D eigenvalue weighted by Gasteiger charge is 2.66. The molecule has 0 bridgehead atoms. The number of ether oxygens (including phenoxy) is 3. The Morgan fingerprint density at radius 2 is 2.04 bits per heavy atom. The summed E-state index contributed by atoms with van der Waals surface area (Å²) in [5.41, 5.74) is 0. The van der Waals surface area contributed by atoms with Gasteiger partial charge in [0.1, 0.15) is 24.9 Å². The lowest BCUT2D eigenvalue weighted by molar-refractivity contribution is -0.290. The molecule has 3 rings (SSSR count). The van der Waals surface area contributed by atoms with Crippen molar-refractivity contribution >= 4 is 20.7 Å². The molecule has 3 aliphatic rings. The van der Waals surface area contributed by atoms with Gasteiger partial charge in [0, 0.05) is 6.20 Å². The standard InChI is InChI=1S/C12H19NO10S2/c1-4-5-13-24(14,15)19-7-12-10(20-11(2,3)23-12)9-8(6-18-12)21-25(16,17)22-9/h4-5,8-10,13H,6-7H2,1-3H3/t8-,9-,10+,12+/m1/s1. The second-order valence-corrected chi connectivity index (χ2v) is 8.68. The van der Waals surface area contributed by atoms with E-state index in [0.29, 0.717) is 0 Å². The van der Waals surface area contributed by atoms with Crippen molar-refractivity contribution in [3.8, 4) is 0 Å². The molecule has 0 unspecified atom stereocenters. The van der Waals surface area contributed by atoms with E-state index in [2.05, 4.69) is 4.72 Å². The maximum atomic E-state index is 11.8. The molecule has 0 aliphatic carbocycles. The highest BCUT2D eigenvalue weighted by molar-refractivity contribution is 7.84. The molecule has 11 nitrogen and oxygen atoms in total. The van der Waals surface area contributed by atoms with Gasteiger partial charge in [-0.25, -0.2) is 12.5 Å². The van der Waals surface area contributed by atoms with E-state index in [1.54, 1.807) is 20.8 Å². The highest BCUT2D eigenvalue weighted by Crippen LogP contribution is 2.46. The molecule has 13 heteroatoms. The minimum atomic E-state index is -4.18. The zero-order valence-corrected chi connectivity index (χ0v) is 15.3. The van der Waals surface area contributed by atoms with E-state index >= 15 is 0 Å². The second-order valence-electron chi connectivity index (χ2n) is 6.10. The first-order valence-electron chi connectivity index (χ1n) is 7.39. The molecule has 0 radical (unpaired) electrons. The third kappa shape index (κ3) is 3.83. The van der Waals surface area contributed by atoms with Crippen LogP contribution < -0.4 is 4.72 Å². The normalized spacial score (nSPS) is 39.2. The first-order chi connectivity index (χ1) is 11.5. The SMILES string of the molecule is CC=CNS(=O)(=O)OC[C@@]12OC[C@H]3OS(=O)(=O)O[C@H]3[C@@H]1OC(C)(C)O2. The van der Waals surface area contributed by atoms with Crippen molar-refractivity contribution in [3.05, 3.63) is 12.3 Å². The van der Waals surface area contributed by atoms with Crippen molar-refractivity contribution in [1.29, 1.82) is 0 Å². The van der Waals surface area contributed by atoms with E-state index in [1.165, 1.54) is 12.3 Å². The predicted octanol–water partition coefficient (Wildman–Crippen LogP) is -0.722. The minimum absolute atomic E-state index is 0.203. The lowest BCUT2D eigenvalue weighted by Gasteiger charge is -2.39. The number of rotatable bonds is 5. The molecule has 3 aliphatic heterocycles. The van der Waals surface area contributed by atoms with Gasteiger partial charge >= 0.3 is 20.7 Å². The van der Waals surface area contributed by atoms with E-state index in [0.717, 1.165) is 0 Å². The van der Waals surface area contributed by atoms with Crippen molar-refractivity contribution < 1.29 is 43.6 Å². The minimum Gasteiger partial charge on any atom is -0.343 e. The zero-order valence-electron chi connectivity index (χ0n) is 13.7. The Labute approximate surface area is 145 Å². The Balaban J connectivity index is 1.82. The summed E-state index contributed by atoms with van der Waals surface area (Å²) in [4.78, 5) is 0. The van der Waals surface area contributed by atoms with Crippen LogP contribution in [0.15, 0.2) is 12.3 Å². The first-order valence-corrected chi connectivity index (χ1v) is 10.1. The largest absolute Gasteiger partial charge is 0.400 e. The summed E-state index contributed by atoms with van der Waals surface area (Å²) in [5, 5.41) is 0. The molecule has 0 aromatic rings. The van der Waals surface area contributed by atoms with Crippen LogP contribution in [0.2, 0.25) is 0 Å². The van der Waals surface area contributed by atoms with E-state index in [9.17, 15) is 16.8 Å². The van der Waals surface area contributed by atoms with Crippen LogP contribution in [0.1, 0.15) is 20.8 Å². The summed E-state index contributed by atoms with van der Waals surface area (Å²) in [7, 11) is -8.29. The molecule has 3 heterocycles. The van der Waals surface area contributed by atoms with Crippen molar-refractivity contribution in [1.82, 2.24) is 4.72 Å². The zero-order chi connectivity index (χ0) is 18.5. The smallest absolute Gasteiger partial charge is 0.343 e. The Bertz CT molecular complexity index is 761. The summed E-state index contributed by atoms with van der Waals surface area (Å²) in [6.07, 6.45) is -0.390. The maximum absolute atomic E-state index is 11.8. The molecule has 144 valence electrons. The molecule has 0 aromatic carbocycles. The first kappa shape index (κ1) is 19.0. The van der Waals surface area contributed by atoms with Crippen LogP contribution in [0.25, 0.3) is 0 Å². The number of allylic oxidation sites excluding steroid dienone is 1. The molecule has 3 saturated heterocycles. The van der Waals surface area contributed by atoms with Gasteiger partial charge in [-0.05, 0) is 20.8 Å². The van der Waals surface area contributed by atoms with Crippen LogP contribution in [0.5, 0.6) is 0 Å². The molecule has 0 saturated carbocycles. The maximum Gasteiger partial charge on any atom is 0.400 e. The van der Waals surface area contributed by atoms with Gasteiger partial charge in [-0.1, -0.05) is 6.08 Å². The molecule has 0 spiro atoms. The van der Waals surface area contributed by atoms with Gasteiger partial charge in [0.25, 0.3) is 0 Å². The number of hydrogen-bond donors (Lipinski definition) is 1. The van der Waals surface area contributed by atoms with Gasteiger partial charge in [-0.3, -0.25) is 4.72 Å². The lowest BCUT2D eigenvalue weighted by Crippen LogP contribution is -2.60. The summed E-state index contributed by atoms with van der Waals surface area (Å²) in [6, 6.07) is 0. The van der Waals surface area contributed by atoms with Gasteiger partial charge < -0.3 is 14.2 Å². The molecule has 25 heavy (non-hydrogen) atoms. The molecular formula is C12H19NO10S2. The summed E-state index contributed by atoms with van der Waals surface area (Å²) in [5.74, 6) is -2.85. The molecule has 1 N–H and O–H groups in total. The number of hydrogen-bond acceptors (Lipinski definition) is 10. The molecule has 0 aromatic heterocycles. The molecule has 0 amide bonds. The van der Waals surface area contributed by atoms with Crippen LogP contribution in [-0.4, -0.2) is 59.9 Å². The third-order valence-corrected chi connectivity index (χ3v) is 5.48. The topological polar surface area (TPSA) is 136 Å². The van der Waals surface area contributed by atoms with Crippen LogP contribution >= 0.6 is 0 Å². The van der Waals surface area contributed by atoms with Crippen molar-refractivity contribution in [2.75, 3.05) is 13.2 Å². The highest BCUT2D eigenvalue weighted by atomic mass is 32.3. The van der Waals surface area contributed by atoms with Gasteiger partial charge in [0.05, 0.1) is 6.61 Å². The van der Waals surface area contributed by atoms with Crippen LogP contribution in [0, 0.1) is 0 Å². The number of nitrogens with one attached hydrogen (secondary N) is 1. The Morgan fingerprint density at radius 3 is 2.72 bits per heavy atom. The van der Waals surface area contributed by atoms with Gasteiger partial charge in [-0.15, -0.1) is 0 Å². The molecular weight excluding hydrogens is 382 g/mol. The monoisotopic (exact) mass is 401 g/mol. The van der Waals surface area contributed by atoms with E-state index in [4.69, 9.17) is 26.8 Å².